The van der Waals surface area contributed by atoms with E-state index in [1.807, 2.05) is 26.8 Å². The van der Waals surface area contributed by atoms with Crippen molar-refractivity contribution in [2.75, 3.05) is 5.32 Å². The quantitative estimate of drug-likeness (QED) is 0.420. The first-order chi connectivity index (χ1) is 16.1. The highest BCUT2D eigenvalue weighted by Gasteiger charge is 2.25. The summed E-state index contributed by atoms with van der Waals surface area (Å²) in [4.78, 5) is 25.8. The number of benzene rings is 3. The number of aryl methyl sites for hydroxylation is 3. The first-order valence-corrected chi connectivity index (χ1v) is 12.4. The van der Waals surface area contributed by atoms with Crippen LogP contribution >= 0.6 is 11.6 Å². The number of carbonyl (C=O) groups excluding carboxylic acids is 1. The van der Waals surface area contributed by atoms with Gasteiger partial charge in [-0.3, -0.25) is 9.59 Å². The second kappa shape index (κ2) is 9.08. The smallest absolute Gasteiger partial charge is 0.244 e. The SMILES string of the molecule is Cc1ccc2c(c1)c(=O)c(S(=O)(=O)c1ccc(C)c(C)c1)cn2CC(=O)Nc1ccc(Cl)cc1. The normalized spacial score (nSPS) is 11.5. The highest BCUT2D eigenvalue weighted by Crippen LogP contribution is 2.24. The van der Waals surface area contributed by atoms with Crippen LogP contribution in [-0.4, -0.2) is 18.9 Å². The number of anilines is 1. The molecule has 0 aliphatic heterocycles. The largest absolute Gasteiger partial charge is 0.336 e. The fraction of sp³-hybridized carbons (Fsp3) is 0.154. The van der Waals surface area contributed by atoms with Gasteiger partial charge >= 0.3 is 0 Å². The molecule has 6 nitrogen and oxygen atoms in total. The zero-order chi connectivity index (χ0) is 24.6. The van der Waals surface area contributed by atoms with Crippen LogP contribution in [0.1, 0.15) is 16.7 Å². The molecule has 0 fully saturated rings. The zero-order valence-corrected chi connectivity index (χ0v) is 20.5. The third-order valence-corrected chi connectivity index (χ3v) is 7.72. The van der Waals surface area contributed by atoms with Gasteiger partial charge < -0.3 is 9.88 Å². The molecule has 174 valence electrons. The summed E-state index contributed by atoms with van der Waals surface area (Å²) in [5.41, 5.74) is 3.00. The summed E-state index contributed by atoms with van der Waals surface area (Å²) < 4.78 is 28.5. The second-order valence-corrected chi connectivity index (χ2v) is 10.6. The lowest BCUT2D eigenvalue weighted by Crippen LogP contribution is -2.24. The van der Waals surface area contributed by atoms with Crippen molar-refractivity contribution in [1.82, 2.24) is 4.57 Å². The lowest BCUT2D eigenvalue weighted by atomic mass is 10.1. The molecule has 0 aliphatic rings. The van der Waals surface area contributed by atoms with Gasteiger partial charge in [0.05, 0.1) is 10.4 Å². The van der Waals surface area contributed by atoms with Crippen molar-refractivity contribution in [3.8, 4) is 0 Å². The maximum absolute atomic E-state index is 13.5. The number of sulfone groups is 1. The number of amides is 1. The van der Waals surface area contributed by atoms with E-state index in [4.69, 9.17) is 11.6 Å². The number of carbonyl (C=O) groups is 1. The van der Waals surface area contributed by atoms with Crippen molar-refractivity contribution >= 4 is 43.9 Å². The van der Waals surface area contributed by atoms with Crippen molar-refractivity contribution < 1.29 is 13.2 Å². The molecular formula is C26H23ClN2O4S. The third kappa shape index (κ3) is 4.62. The lowest BCUT2D eigenvalue weighted by Gasteiger charge is -2.15. The topological polar surface area (TPSA) is 85.2 Å². The Hall–Kier alpha value is -3.42. The number of pyridine rings is 1. The molecule has 0 bridgehead atoms. The molecule has 4 rings (SSSR count). The summed E-state index contributed by atoms with van der Waals surface area (Å²) in [6.45, 7) is 5.34. The number of fused-ring (bicyclic) bond motifs is 1. The van der Waals surface area contributed by atoms with E-state index in [0.29, 0.717) is 16.2 Å². The molecule has 0 atom stereocenters. The highest BCUT2D eigenvalue weighted by atomic mass is 35.5. The van der Waals surface area contributed by atoms with Crippen molar-refractivity contribution in [3.05, 3.63) is 98.8 Å². The van der Waals surface area contributed by atoms with Crippen LogP contribution in [0, 0.1) is 20.8 Å². The van der Waals surface area contributed by atoms with E-state index >= 15 is 0 Å². The molecular weight excluding hydrogens is 472 g/mol. The number of hydrogen-bond donors (Lipinski definition) is 1. The van der Waals surface area contributed by atoms with E-state index in [2.05, 4.69) is 5.32 Å². The van der Waals surface area contributed by atoms with Gasteiger partial charge in [0, 0.05) is 22.3 Å². The molecule has 34 heavy (non-hydrogen) atoms. The fourth-order valence-corrected chi connectivity index (χ4v) is 5.28. The molecule has 0 spiro atoms. The first kappa shape index (κ1) is 23.7. The molecule has 1 heterocycles. The third-order valence-electron chi connectivity index (χ3n) is 5.72. The van der Waals surface area contributed by atoms with Crippen LogP contribution < -0.4 is 10.7 Å². The van der Waals surface area contributed by atoms with Gasteiger partial charge in [-0.15, -0.1) is 0 Å². The molecule has 1 amide bonds. The molecule has 4 aromatic rings. The lowest BCUT2D eigenvalue weighted by molar-refractivity contribution is -0.116. The number of aromatic nitrogens is 1. The highest BCUT2D eigenvalue weighted by molar-refractivity contribution is 7.91. The number of halogens is 1. The van der Waals surface area contributed by atoms with Gasteiger partial charge in [0.1, 0.15) is 11.4 Å². The van der Waals surface area contributed by atoms with E-state index in [-0.39, 0.29) is 27.6 Å². The number of hydrogen-bond acceptors (Lipinski definition) is 4. The van der Waals surface area contributed by atoms with E-state index in [9.17, 15) is 18.0 Å². The summed E-state index contributed by atoms with van der Waals surface area (Å²) in [7, 11) is -4.11. The summed E-state index contributed by atoms with van der Waals surface area (Å²) in [6, 6.07) is 16.6. The van der Waals surface area contributed by atoms with Gasteiger partial charge in [-0.05, 0) is 80.4 Å². The van der Waals surface area contributed by atoms with Crippen molar-refractivity contribution in [2.45, 2.75) is 37.1 Å². The Morgan fingerprint density at radius 3 is 2.32 bits per heavy atom. The molecule has 0 unspecified atom stereocenters. The van der Waals surface area contributed by atoms with Crippen molar-refractivity contribution in [1.29, 1.82) is 0 Å². The van der Waals surface area contributed by atoms with E-state index < -0.39 is 15.3 Å². The molecule has 8 heteroatoms. The van der Waals surface area contributed by atoms with Gasteiger partial charge in [-0.1, -0.05) is 29.3 Å². The predicted octanol–water partition coefficient (Wildman–Crippen LogP) is 5.05. The van der Waals surface area contributed by atoms with E-state index in [1.54, 1.807) is 48.5 Å². The van der Waals surface area contributed by atoms with Gasteiger partial charge in [-0.2, -0.15) is 0 Å². The monoisotopic (exact) mass is 494 g/mol. The maximum Gasteiger partial charge on any atom is 0.244 e. The van der Waals surface area contributed by atoms with Crippen LogP contribution in [0.2, 0.25) is 5.02 Å². The average Bonchev–Trinajstić information content (AvgIpc) is 2.79. The predicted molar refractivity (Wildman–Crippen MR) is 134 cm³/mol. The Morgan fingerprint density at radius 2 is 1.65 bits per heavy atom. The summed E-state index contributed by atoms with van der Waals surface area (Å²) in [5.74, 6) is -0.373. The van der Waals surface area contributed by atoms with Crippen LogP contribution in [0.5, 0.6) is 0 Å². The molecule has 3 aromatic carbocycles. The minimum absolute atomic E-state index is 0.0388. The Labute approximate surface area is 202 Å². The molecule has 0 saturated heterocycles. The van der Waals surface area contributed by atoms with Crippen LogP contribution in [0.25, 0.3) is 10.9 Å². The molecule has 0 radical (unpaired) electrons. The maximum atomic E-state index is 13.5. The van der Waals surface area contributed by atoms with Crippen LogP contribution in [0.3, 0.4) is 0 Å². The zero-order valence-electron chi connectivity index (χ0n) is 18.9. The van der Waals surface area contributed by atoms with E-state index in [0.717, 1.165) is 16.7 Å². The number of nitrogens with zero attached hydrogens (tertiary/aromatic N) is 1. The Bertz CT molecular complexity index is 1590. The standard InChI is InChI=1S/C26H23ClN2O4S/c1-16-4-11-23-22(12-16)26(31)24(34(32,33)21-10-5-17(2)18(3)13-21)14-29(23)15-25(30)28-20-8-6-19(27)7-9-20/h4-14H,15H2,1-3H3,(H,28,30). The minimum Gasteiger partial charge on any atom is -0.336 e. The second-order valence-electron chi connectivity index (χ2n) is 8.28. The molecule has 0 aliphatic carbocycles. The van der Waals surface area contributed by atoms with Crippen molar-refractivity contribution in [2.24, 2.45) is 0 Å². The van der Waals surface area contributed by atoms with Gasteiger partial charge in [0.15, 0.2) is 0 Å². The summed E-state index contributed by atoms with van der Waals surface area (Å²) in [5, 5.41) is 3.55. The number of nitrogens with one attached hydrogen (secondary N) is 1. The average molecular weight is 495 g/mol. The number of rotatable bonds is 5. The van der Waals surface area contributed by atoms with Crippen LogP contribution in [0.4, 0.5) is 5.69 Å². The Kier molecular flexibility index (Phi) is 6.34. The molecule has 0 saturated carbocycles. The van der Waals surface area contributed by atoms with Crippen molar-refractivity contribution in [3.63, 3.8) is 0 Å². The molecule has 1 N–H and O–H groups in total. The van der Waals surface area contributed by atoms with Gasteiger partial charge in [-0.25, -0.2) is 8.42 Å². The van der Waals surface area contributed by atoms with E-state index in [1.165, 1.54) is 16.8 Å². The summed E-state index contributed by atoms with van der Waals surface area (Å²) >= 11 is 5.90. The van der Waals surface area contributed by atoms with Crippen LogP contribution in [0.15, 0.2) is 81.4 Å². The van der Waals surface area contributed by atoms with Gasteiger partial charge in [0.25, 0.3) is 0 Å². The molecule has 1 aromatic heterocycles. The first-order valence-electron chi connectivity index (χ1n) is 10.6. The Morgan fingerprint density at radius 1 is 0.941 bits per heavy atom. The fourth-order valence-electron chi connectivity index (χ4n) is 3.70. The van der Waals surface area contributed by atoms with Crippen LogP contribution in [-0.2, 0) is 21.2 Å². The van der Waals surface area contributed by atoms with Gasteiger partial charge in [0.2, 0.25) is 21.2 Å². The summed E-state index contributed by atoms with van der Waals surface area (Å²) in [6.07, 6.45) is 1.26. The Balaban J connectivity index is 1.83. The minimum atomic E-state index is -4.11.